The average Bonchev–Trinajstić information content (AvgIpc) is 2.73. The number of rotatable bonds is 5. The molecule has 0 atom stereocenters. The van der Waals surface area contributed by atoms with Crippen LogP contribution in [0.15, 0.2) is 24.3 Å². The van der Waals surface area contributed by atoms with E-state index >= 15 is 0 Å². The lowest BCUT2D eigenvalue weighted by Crippen LogP contribution is -2.29. The lowest BCUT2D eigenvalue weighted by Gasteiger charge is -2.04. The van der Waals surface area contributed by atoms with Crippen LogP contribution in [0.1, 0.15) is 6.42 Å². The minimum atomic E-state index is -0.130. The summed E-state index contributed by atoms with van der Waals surface area (Å²) in [5.41, 5.74) is 1.61. The highest BCUT2D eigenvalue weighted by Crippen LogP contribution is 2.08. The van der Waals surface area contributed by atoms with E-state index in [-0.39, 0.29) is 19.1 Å². The number of amides is 1. The maximum absolute atomic E-state index is 11.5. The Hall–Kier alpha value is -1.95. The van der Waals surface area contributed by atoms with E-state index in [2.05, 4.69) is 15.6 Å². The standard InChI is InChI=1S/C11H14N4O2/c16-7-3-6-12-11(17)8-15-10-5-2-1-4-9(10)13-14-15/h1-2,4-5,16H,3,6-8H2,(H,12,17). The molecule has 2 N–H and O–H groups in total. The molecule has 0 radical (unpaired) electrons. The minimum absolute atomic E-state index is 0.0759. The van der Waals surface area contributed by atoms with Crippen LogP contribution in [0.5, 0.6) is 0 Å². The molecule has 0 fully saturated rings. The highest BCUT2D eigenvalue weighted by Gasteiger charge is 2.07. The molecule has 0 aliphatic rings. The number of para-hydroxylation sites is 1. The second-order valence-corrected chi connectivity index (χ2v) is 3.66. The van der Waals surface area contributed by atoms with Crippen molar-refractivity contribution in [3.63, 3.8) is 0 Å². The highest BCUT2D eigenvalue weighted by atomic mass is 16.3. The predicted octanol–water partition coefficient (Wildman–Crippen LogP) is -0.0701. The number of fused-ring (bicyclic) bond motifs is 1. The first-order valence-electron chi connectivity index (χ1n) is 5.47. The second-order valence-electron chi connectivity index (χ2n) is 3.66. The van der Waals surface area contributed by atoms with Gasteiger partial charge in [0.15, 0.2) is 0 Å². The molecule has 0 bridgehead atoms. The molecule has 1 amide bonds. The Bertz CT molecular complexity index is 509. The molecule has 0 aliphatic carbocycles. The van der Waals surface area contributed by atoms with E-state index in [0.29, 0.717) is 13.0 Å². The number of aliphatic hydroxyl groups excluding tert-OH is 1. The normalized spacial score (nSPS) is 10.6. The van der Waals surface area contributed by atoms with Gasteiger partial charge in [-0.25, -0.2) is 4.68 Å². The third-order valence-corrected chi connectivity index (χ3v) is 2.37. The molecule has 0 unspecified atom stereocenters. The number of aliphatic hydroxyl groups is 1. The molecule has 2 rings (SSSR count). The summed E-state index contributed by atoms with van der Waals surface area (Å²) >= 11 is 0. The molecule has 1 aromatic carbocycles. The van der Waals surface area contributed by atoms with Crippen LogP contribution in [-0.2, 0) is 11.3 Å². The average molecular weight is 234 g/mol. The van der Waals surface area contributed by atoms with Crippen molar-refractivity contribution in [1.29, 1.82) is 0 Å². The Morgan fingerprint density at radius 3 is 3.06 bits per heavy atom. The second kappa shape index (κ2) is 5.40. The summed E-state index contributed by atoms with van der Waals surface area (Å²) in [5, 5.41) is 19.2. The number of hydrogen-bond donors (Lipinski definition) is 2. The fourth-order valence-corrected chi connectivity index (χ4v) is 1.53. The Balaban J connectivity index is 2.01. The van der Waals surface area contributed by atoms with Gasteiger partial charge in [-0.2, -0.15) is 0 Å². The summed E-state index contributed by atoms with van der Waals surface area (Å²) < 4.78 is 1.56. The number of nitrogens with zero attached hydrogens (tertiary/aromatic N) is 3. The van der Waals surface area contributed by atoms with Crippen LogP contribution in [0.2, 0.25) is 0 Å². The van der Waals surface area contributed by atoms with Gasteiger partial charge in [0, 0.05) is 13.2 Å². The van der Waals surface area contributed by atoms with Crippen molar-refractivity contribution in [3.8, 4) is 0 Å². The first kappa shape index (κ1) is 11.5. The van der Waals surface area contributed by atoms with Crippen LogP contribution in [0.4, 0.5) is 0 Å². The summed E-state index contributed by atoms with van der Waals surface area (Å²) in [6.07, 6.45) is 0.559. The number of carbonyl (C=O) groups excluding carboxylic acids is 1. The molecule has 1 aromatic heterocycles. The lowest BCUT2D eigenvalue weighted by atomic mass is 10.3. The fourth-order valence-electron chi connectivity index (χ4n) is 1.53. The van der Waals surface area contributed by atoms with E-state index in [1.807, 2.05) is 24.3 Å². The summed E-state index contributed by atoms with van der Waals surface area (Å²) in [6, 6.07) is 7.48. The van der Waals surface area contributed by atoms with Gasteiger partial charge in [0.05, 0.1) is 5.52 Å². The maximum Gasteiger partial charge on any atom is 0.241 e. The Labute approximate surface area is 98.2 Å². The van der Waals surface area contributed by atoms with E-state index < -0.39 is 0 Å². The predicted molar refractivity (Wildman–Crippen MR) is 62.2 cm³/mol. The molecule has 6 heteroatoms. The molecular formula is C11H14N4O2. The van der Waals surface area contributed by atoms with Gasteiger partial charge >= 0.3 is 0 Å². The van der Waals surface area contributed by atoms with E-state index in [4.69, 9.17) is 5.11 Å². The fraction of sp³-hybridized carbons (Fsp3) is 0.364. The Morgan fingerprint density at radius 2 is 2.24 bits per heavy atom. The van der Waals surface area contributed by atoms with Crippen LogP contribution in [0.3, 0.4) is 0 Å². The van der Waals surface area contributed by atoms with E-state index in [1.165, 1.54) is 0 Å². The van der Waals surface area contributed by atoms with Gasteiger partial charge < -0.3 is 10.4 Å². The molecular weight excluding hydrogens is 220 g/mol. The molecule has 17 heavy (non-hydrogen) atoms. The minimum Gasteiger partial charge on any atom is -0.396 e. The monoisotopic (exact) mass is 234 g/mol. The molecule has 0 aliphatic heterocycles. The number of benzene rings is 1. The van der Waals surface area contributed by atoms with Gasteiger partial charge in [0.2, 0.25) is 5.91 Å². The molecule has 0 spiro atoms. The highest BCUT2D eigenvalue weighted by molar-refractivity contribution is 5.79. The van der Waals surface area contributed by atoms with Crippen LogP contribution in [0, 0.1) is 0 Å². The summed E-state index contributed by atoms with van der Waals surface area (Å²) in [4.78, 5) is 11.5. The van der Waals surface area contributed by atoms with Gasteiger partial charge in [0.1, 0.15) is 12.1 Å². The van der Waals surface area contributed by atoms with Gasteiger partial charge in [-0.3, -0.25) is 4.79 Å². The van der Waals surface area contributed by atoms with Gasteiger partial charge in [-0.05, 0) is 18.6 Å². The molecule has 90 valence electrons. The van der Waals surface area contributed by atoms with Crippen LogP contribution in [-0.4, -0.2) is 39.2 Å². The van der Waals surface area contributed by atoms with Crippen molar-refractivity contribution >= 4 is 16.9 Å². The third kappa shape index (κ3) is 2.79. The Morgan fingerprint density at radius 1 is 1.41 bits per heavy atom. The molecule has 6 nitrogen and oxygen atoms in total. The van der Waals surface area contributed by atoms with Crippen LogP contribution >= 0.6 is 0 Å². The maximum atomic E-state index is 11.5. The molecule has 0 saturated carbocycles. The van der Waals surface area contributed by atoms with Gasteiger partial charge in [0.25, 0.3) is 0 Å². The number of aromatic nitrogens is 3. The third-order valence-electron chi connectivity index (χ3n) is 2.37. The summed E-state index contributed by atoms with van der Waals surface area (Å²) in [6.45, 7) is 0.695. The number of hydrogen-bond acceptors (Lipinski definition) is 4. The SMILES string of the molecule is O=C(Cn1nnc2ccccc21)NCCCO. The zero-order chi connectivity index (χ0) is 12.1. The van der Waals surface area contributed by atoms with Crippen molar-refractivity contribution in [2.24, 2.45) is 0 Å². The molecule has 1 heterocycles. The number of nitrogens with one attached hydrogen (secondary N) is 1. The van der Waals surface area contributed by atoms with Crippen molar-refractivity contribution in [1.82, 2.24) is 20.3 Å². The first-order valence-corrected chi connectivity index (χ1v) is 5.47. The van der Waals surface area contributed by atoms with E-state index in [0.717, 1.165) is 11.0 Å². The molecule has 0 saturated heterocycles. The topological polar surface area (TPSA) is 80.0 Å². The van der Waals surface area contributed by atoms with E-state index in [9.17, 15) is 4.79 Å². The van der Waals surface area contributed by atoms with Crippen LogP contribution < -0.4 is 5.32 Å². The Kier molecular flexibility index (Phi) is 3.66. The molecule has 2 aromatic rings. The van der Waals surface area contributed by atoms with Crippen molar-refractivity contribution in [2.45, 2.75) is 13.0 Å². The summed E-state index contributed by atoms with van der Waals surface area (Å²) in [5.74, 6) is -0.130. The zero-order valence-electron chi connectivity index (χ0n) is 9.33. The summed E-state index contributed by atoms with van der Waals surface area (Å²) in [7, 11) is 0. The van der Waals surface area contributed by atoms with Crippen molar-refractivity contribution in [3.05, 3.63) is 24.3 Å². The quantitative estimate of drug-likeness (QED) is 0.710. The first-order chi connectivity index (χ1) is 8.31. The number of carbonyl (C=O) groups is 1. The van der Waals surface area contributed by atoms with Gasteiger partial charge in [-0.15, -0.1) is 5.10 Å². The largest absolute Gasteiger partial charge is 0.396 e. The van der Waals surface area contributed by atoms with Gasteiger partial charge in [-0.1, -0.05) is 17.3 Å². The van der Waals surface area contributed by atoms with Crippen molar-refractivity contribution in [2.75, 3.05) is 13.2 Å². The smallest absolute Gasteiger partial charge is 0.241 e. The zero-order valence-corrected chi connectivity index (χ0v) is 9.33. The van der Waals surface area contributed by atoms with Crippen molar-refractivity contribution < 1.29 is 9.90 Å². The van der Waals surface area contributed by atoms with E-state index in [1.54, 1.807) is 4.68 Å². The lowest BCUT2D eigenvalue weighted by molar-refractivity contribution is -0.121. The van der Waals surface area contributed by atoms with Crippen LogP contribution in [0.25, 0.3) is 11.0 Å².